The van der Waals surface area contributed by atoms with Crippen molar-refractivity contribution in [3.05, 3.63) is 24.3 Å². The van der Waals surface area contributed by atoms with Gasteiger partial charge in [0.25, 0.3) is 0 Å². The van der Waals surface area contributed by atoms with Crippen LogP contribution in [0.25, 0.3) is 0 Å². The number of hydrogen-bond acceptors (Lipinski definition) is 15. The van der Waals surface area contributed by atoms with Gasteiger partial charge in [0.2, 0.25) is 0 Å². The minimum Gasteiger partial charge on any atom is -0.462 e. The van der Waals surface area contributed by atoms with Gasteiger partial charge in [-0.2, -0.15) is 0 Å². The van der Waals surface area contributed by atoms with Gasteiger partial charge < -0.3 is 33.8 Å². The van der Waals surface area contributed by atoms with Crippen molar-refractivity contribution in [2.24, 2.45) is 17.8 Å². The van der Waals surface area contributed by atoms with E-state index in [-0.39, 0.29) is 25.7 Å². The average molecular weight is 1350 g/mol. The fourth-order valence-corrected chi connectivity index (χ4v) is 12.1. The quantitative estimate of drug-likeness (QED) is 0.0169. The number of unbranched alkanes of at least 4 members (excludes halogenated alkanes) is 33. The number of allylic oxidation sites excluding steroid dienone is 4. The molecule has 0 rings (SSSR count). The summed E-state index contributed by atoms with van der Waals surface area (Å²) in [5, 5.41) is 10.6. The van der Waals surface area contributed by atoms with Gasteiger partial charge in [-0.3, -0.25) is 37.3 Å². The molecule has 0 aliphatic carbocycles. The molecule has 0 fully saturated rings. The predicted octanol–water partition coefficient (Wildman–Crippen LogP) is 20.6. The molecule has 3 N–H and O–H groups in total. The van der Waals surface area contributed by atoms with Crippen molar-refractivity contribution in [1.29, 1.82) is 0 Å². The van der Waals surface area contributed by atoms with Crippen molar-refractivity contribution >= 4 is 39.5 Å². The molecule has 0 radical (unpaired) electrons. The molecule has 0 saturated carbocycles. The maximum absolute atomic E-state index is 13.0. The highest BCUT2D eigenvalue weighted by molar-refractivity contribution is 7.47. The van der Waals surface area contributed by atoms with Crippen molar-refractivity contribution in [1.82, 2.24) is 0 Å². The summed E-state index contributed by atoms with van der Waals surface area (Å²) in [5.41, 5.74) is 0. The zero-order chi connectivity index (χ0) is 68.0. The molecule has 0 aromatic rings. The van der Waals surface area contributed by atoms with Crippen LogP contribution in [0.15, 0.2) is 24.3 Å². The predicted molar refractivity (Wildman–Crippen MR) is 372 cm³/mol. The summed E-state index contributed by atoms with van der Waals surface area (Å²) in [7, 11) is -9.92. The average Bonchev–Trinajstić information content (AvgIpc) is 2.81. The first-order chi connectivity index (χ1) is 44.3. The summed E-state index contributed by atoms with van der Waals surface area (Å²) in [6, 6.07) is 0. The molecular weight excluding hydrogens is 1210 g/mol. The third kappa shape index (κ3) is 64.9. The van der Waals surface area contributed by atoms with E-state index in [0.29, 0.717) is 25.7 Å². The van der Waals surface area contributed by atoms with Gasteiger partial charge >= 0.3 is 39.5 Å². The SMILES string of the molecule is CCCCCC/C=C\C=C/CCCCCCCC(=O)O[C@H](COC(=O)CCCCCCCCCCCCC(C)CC)COP(=O)(O)OCC(O)COP(=O)(O)OC[C@@H](COC(=O)CCCCCCCCCCC(C)C)OC(=O)CCCCCCCCCCCC(C)C. The maximum atomic E-state index is 13.0. The number of aliphatic hydroxyl groups is 1. The van der Waals surface area contributed by atoms with Gasteiger partial charge in [0.15, 0.2) is 12.2 Å². The molecule has 19 heteroatoms. The molecule has 0 aromatic carbocycles. The van der Waals surface area contributed by atoms with Crippen molar-refractivity contribution in [2.75, 3.05) is 39.6 Å². The molecule has 17 nitrogen and oxygen atoms in total. The molecule has 0 aromatic heterocycles. The van der Waals surface area contributed by atoms with E-state index in [4.69, 9.17) is 37.0 Å². The fourth-order valence-electron chi connectivity index (χ4n) is 10.5. The van der Waals surface area contributed by atoms with Crippen molar-refractivity contribution in [3.63, 3.8) is 0 Å². The summed E-state index contributed by atoms with van der Waals surface area (Å²) >= 11 is 0. The van der Waals surface area contributed by atoms with E-state index >= 15 is 0 Å². The second-order valence-electron chi connectivity index (χ2n) is 26.8. The number of rotatable bonds is 69. The summed E-state index contributed by atoms with van der Waals surface area (Å²) < 4.78 is 68.4. The maximum Gasteiger partial charge on any atom is 0.472 e. The smallest absolute Gasteiger partial charge is 0.462 e. The van der Waals surface area contributed by atoms with Gasteiger partial charge in [0, 0.05) is 25.7 Å². The fraction of sp³-hybridized carbons (Fsp3) is 0.890. The zero-order valence-electron chi connectivity index (χ0n) is 59.5. The Bertz CT molecular complexity index is 1900. The van der Waals surface area contributed by atoms with E-state index in [2.05, 4.69) is 72.8 Å². The summed E-state index contributed by atoms with van der Waals surface area (Å²) in [6.45, 7) is 11.8. The Balaban J connectivity index is 5.31. The van der Waals surface area contributed by atoms with Crippen LogP contribution in [0, 0.1) is 17.8 Å². The van der Waals surface area contributed by atoms with Crippen LogP contribution >= 0.6 is 15.6 Å². The second kappa shape index (κ2) is 63.3. The molecule has 0 bridgehead atoms. The van der Waals surface area contributed by atoms with E-state index in [0.717, 1.165) is 120 Å². The Labute approximate surface area is 561 Å². The van der Waals surface area contributed by atoms with Gasteiger partial charge in [0.1, 0.15) is 19.3 Å². The van der Waals surface area contributed by atoms with Crippen LogP contribution in [0.4, 0.5) is 0 Å². The van der Waals surface area contributed by atoms with Crippen LogP contribution < -0.4 is 0 Å². The Hall–Kier alpha value is -2.46. The first-order valence-corrected chi connectivity index (χ1v) is 40.2. The van der Waals surface area contributed by atoms with Crippen LogP contribution in [0.2, 0.25) is 0 Å². The molecule has 0 heterocycles. The number of carbonyl (C=O) groups excluding carboxylic acids is 4. The van der Waals surface area contributed by atoms with E-state index in [1.807, 2.05) is 0 Å². The van der Waals surface area contributed by atoms with Gasteiger partial charge in [-0.15, -0.1) is 0 Å². The normalized spacial score (nSPS) is 14.6. The molecular formula is C73H138O17P2. The first kappa shape index (κ1) is 89.5. The third-order valence-electron chi connectivity index (χ3n) is 16.6. The van der Waals surface area contributed by atoms with E-state index in [1.165, 1.54) is 141 Å². The Kier molecular flexibility index (Phi) is 61.6. The van der Waals surface area contributed by atoms with Crippen LogP contribution in [-0.2, 0) is 65.4 Å². The minimum atomic E-state index is -4.96. The molecule has 542 valence electrons. The number of aliphatic hydroxyl groups excluding tert-OH is 1. The number of hydrogen-bond donors (Lipinski definition) is 3. The highest BCUT2D eigenvalue weighted by Gasteiger charge is 2.30. The molecule has 6 atom stereocenters. The van der Waals surface area contributed by atoms with Gasteiger partial charge in [0.05, 0.1) is 26.4 Å². The molecule has 0 aliphatic rings. The van der Waals surface area contributed by atoms with E-state index in [9.17, 15) is 43.2 Å². The second-order valence-corrected chi connectivity index (χ2v) is 29.7. The van der Waals surface area contributed by atoms with E-state index < -0.39 is 97.5 Å². The molecule has 0 amide bonds. The van der Waals surface area contributed by atoms with Crippen LogP contribution in [0.1, 0.15) is 344 Å². The van der Waals surface area contributed by atoms with Crippen LogP contribution in [0.5, 0.6) is 0 Å². The summed E-state index contributed by atoms with van der Waals surface area (Å²) in [5.74, 6) is 0.113. The first-order valence-electron chi connectivity index (χ1n) is 37.2. The standard InChI is InChI=1S/C73H138O17P2/c1-8-10-11-12-13-14-15-16-17-18-19-26-35-42-49-56-72(77)89-68(60-83-70(75)54-47-40-33-25-21-20-24-32-39-46-53-66(7)9-2)62-87-91(79,80)85-58-67(74)59-86-92(81,82)88-63-69(61-84-71(76)55-48-41-34-29-28-31-38-45-52-65(5)6)90-73(78)57-50-43-36-27-22-23-30-37-44-51-64(3)4/h14-17,64-69,74H,8-13,18-63H2,1-7H3,(H,79,80)(H,81,82)/b15-14-,17-16-/t66?,67?,68-,69-/m1/s1. The van der Waals surface area contributed by atoms with E-state index in [1.54, 1.807) is 0 Å². The highest BCUT2D eigenvalue weighted by atomic mass is 31.2. The zero-order valence-corrected chi connectivity index (χ0v) is 61.3. The Morgan fingerprint density at radius 2 is 0.641 bits per heavy atom. The van der Waals surface area contributed by atoms with Crippen molar-refractivity contribution < 1.29 is 80.2 Å². The van der Waals surface area contributed by atoms with Crippen molar-refractivity contribution in [3.8, 4) is 0 Å². The number of esters is 4. The lowest BCUT2D eigenvalue weighted by molar-refractivity contribution is -0.161. The lowest BCUT2D eigenvalue weighted by atomic mass is 9.99. The molecule has 92 heavy (non-hydrogen) atoms. The number of phosphoric ester groups is 2. The summed E-state index contributed by atoms with van der Waals surface area (Å²) in [6.07, 6.45) is 50.7. The summed E-state index contributed by atoms with van der Waals surface area (Å²) in [4.78, 5) is 72.7. The van der Waals surface area contributed by atoms with Crippen LogP contribution in [-0.4, -0.2) is 96.7 Å². The van der Waals surface area contributed by atoms with Crippen LogP contribution in [0.3, 0.4) is 0 Å². The highest BCUT2D eigenvalue weighted by Crippen LogP contribution is 2.45. The number of phosphoric acid groups is 2. The Morgan fingerprint density at radius 3 is 0.967 bits per heavy atom. The minimum absolute atomic E-state index is 0.0844. The molecule has 0 aliphatic heterocycles. The van der Waals surface area contributed by atoms with Gasteiger partial charge in [-0.05, 0) is 69.1 Å². The van der Waals surface area contributed by atoms with Crippen molar-refractivity contribution in [2.45, 2.75) is 362 Å². The molecule has 4 unspecified atom stereocenters. The molecule has 0 spiro atoms. The third-order valence-corrected chi connectivity index (χ3v) is 18.5. The largest absolute Gasteiger partial charge is 0.472 e. The molecule has 0 saturated heterocycles. The number of carbonyl (C=O) groups is 4. The lowest BCUT2D eigenvalue weighted by Crippen LogP contribution is -2.30. The number of ether oxygens (including phenoxy) is 4. The topological polar surface area (TPSA) is 237 Å². The monoisotopic (exact) mass is 1350 g/mol. The van der Waals surface area contributed by atoms with Gasteiger partial charge in [-0.25, -0.2) is 9.13 Å². The van der Waals surface area contributed by atoms with Gasteiger partial charge in [-0.1, -0.05) is 291 Å². The lowest BCUT2D eigenvalue weighted by Gasteiger charge is -2.21. The Morgan fingerprint density at radius 1 is 0.359 bits per heavy atom.